The van der Waals surface area contributed by atoms with Crippen LogP contribution in [-0.2, 0) is 17.8 Å². The number of benzene rings is 2. The molecule has 0 aliphatic heterocycles. The fourth-order valence-corrected chi connectivity index (χ4v) is 3.62. The predicted octanol–water partition coefficient (Wildman–Crippen LogP) is 5.74. The highest BCUT2D eigenvalue weighted by Crippen LogP contribution is 2.24. The smallest absolute Gasteiger partial charge is 0.247 e. The zero-order chi connectivity index (χ0) is 24.0. The van der Waals surface area contributed by atoms with E-state index in [1.165, 1.54) is 0 Å². The third-order valence-corrected chi connectivity index (χ3v) is 6.51. The van der Waals surface area contributed by atoms with Gasteiger partial charge in [-0.15, -0.1) is 10.2 Å². The molecule has 0 unspecified atom stereocenters. The first kappa shape index (κ1) is 25.2. The normalized spacial score (nSPS) is 11.7. The monoisotopic (exact) mass is 488 g/mol. The van der Waals surface area contributed by atoms with Gasteiger partial charge in [0, 0.05) is 37.0 Å². The van der Waals surface area contributed by atoms with E-state index in [1.54, 1.807) is 6.07 Å². The standard InChI is InChI=1S/C25H30Cl2N4O2/c1-25(2,30(3)4)17-31(16-18-13-14-20(26)21(27)15-18)23(32)12-8-11-22-28-29-24(33-22)19-9-6-5-7-10-19/h5-7,9-10,13-15H,8,11-12,16-17H2,1-4H3. The van der Waals surface area contributed by atoms with E-state index in [-0.39, 0.29) is 11.4 Å². The SMILES string of the molecule is CN(C)C(C)(C)CN(Cc1ccc(Cl)c(Cl)c1)C(=O)CCCc1nnc(-c2ccccc2)o1. The molecular formula is C25H30Cl2N4O2. The zero-order valence-electron chi connectivity index (χ0n) is 19.5. The van der Waals surface area contributed by atoms with Gasteiger partial charge in [-0.3, -0.25) is 4.79 Å². The lowest BCUT2D eigenvalue weighted by Crippen LogP contribution is -2.49. The van der Waals surface area contributed by atoms with Crippen LogP contribution in [0.5, 0.6) is 0 Å². The summed E-state index contributed by atoms with van der Waals surface area (Å²) in [5, 5.41) is 9.23. The molecule has 3 rings (SSSR count). The van der Waals surface area contributed by atoms with Crippen molar-refractivity contribution in [3.63, 3.8) is 0 Å². The zero-order valence-corrected chi connectivity index (χ0v) is 21.0. The van der Waals surface area contributed by atoms with Crippen LogP contribution >= 0.6 is 23.2 Å². The summed E-state index contributed by atoms with van der Waals surface area (Å²) in [5.41, 5.74) is 1.63. The van der Waals surface area contributed by atoms with Crippen LogP contribution in [0.1, 0.15) is 38.1 Å². The van der Waals surface area contributed by atoms with Crippen LogP contribution in [-0.4, -0.2) is 52.1 Å². The maximum atomic E-state index is 13.2. The molecule has 0 atom stereocenters. The summed E-state index contributed by atoms with van der Waals surface area (Å²) in [5.74, 6) is 1.09. The van der Waals surface area contributed by atoms with Crippen LogP contribution in [0.4, 0.5) is 0 Å². The molecule has 2 aromatic carbocycles. The lowest BCUT2D eigenvalue weighted by molar-refractivity contribution is -0.133. The number of amides is 1. The fourth-order valence-electron chi connectivity index (χ4n) is 3.30. The van der Waals surface area contributed by atoms with Crippen LogP contribution in [0.25, 0.3) is 11.5 Å². The molecule has 0 fully saturated rings. The number of hydrogen-bond donors (Lipinski definition) is 0. The van der Waals surface area contributed by atoms with Gasteiger partial charge in [-0.25, -0.2) is 0 Å². The van der Waals surface area contributed by atoms with E-state index in [9.17, 15) is 4.79 Å². The fraction of sp³-hybridized carbons (Fsp3) is 0.400. The molecule has 0 saturated carbocycles. The van der Waals surface area contributed by atoms with E-state index in [0.29, 0.717) is 54.2 Å². The number of halogens is 2. The molecule has 176 valence electrons. The van der Waals surface area contributed by atoms with Crippen molar-refractivity contribution in [3.05, 3.63) is 70.0 Å². The Morgan fingerprint density at radius 3 is 2.42 bits per heavy atom. The Balaban J connectivity index is 1.64. The molecule has 8 heteroatoms. The quantitative estimate of drug-likeness (QED) is 0.364. The van der Waals surface area contributed by atoms with Crippen molar-refractivity contribution in [2.75, 3.05) is 20.6 Å². The maximum Gasteiger partial charge on any atom is 0.247 e. The van der Waals surface area contributed by atoms with Crippen molar-refractivity contribution in [2.24, 2.45) is 0 Å². The van der Waals surface area contributed by atoms with Gasteiger partial charge < -0.3 is 14.2 Å². The van der Waals surface area contributed by atoms with Gasteiger partial charge in [-0.1, -0.05) is 47.5 Å². The van der Waals surface area contributed by atoms with Crippen molar-refractivity contribution < 1.29 is 9.21 Å². The van der Waals surface area contributed by atoms with E-state index in [2.05, 4.69) is 28.9 Å². The maximum absolute atomic E-state index is 13.2. The molecule has 1 heterocycles. The highest BCUT2D eigenvalue weighted by atomic mass is 35.5. The number of nitrogens with zero attached hydrogens (tertiary/aromatic N) is 4. The van der Waals surface area contributed by atoms with Gasteiger partial charge in [0.05, 0.1) is 10.0 Å². The summed E-state index contributed by atoms with van der Waals surface area (Å²) in [6, 6.07) is 15.1. The van der Waals surface area contributed by atoms with E-state index >= 15 is 0 Å². The van der Waals surface area contributed by atoms with Gasteiger partial charge in [0.1, 0.15) is 0 Å². The average Bonchev–Trinajstić information content (AvgIpc) is 3.25. The molecule has 0 aliphatic carbocycles. The minimum Gasteiger partial charge on any atom is -0.421 e. The number of carbonyl (C=O) groups is 1. The molecule has 0 N–H and O–H groups in total. The third kappa shape index (κ3) is 7.03. The molecule has 6 nitrogen and oxygen atoms in total. The number of aromatic nitrogens is 2. The number of hydrogen-bond acceptors (Lipinski definition) is 5. The molecule has 0 bridgehead atoms. The average molecular weight is 489 g/mol. The largest absolute Gasteiger partial charge is 0.421 e. The molecule has 1 aromatic heterocycles. The Bertz CT molecular complexity index is 1070. The number of rotatable bonds is 10. The Morgan fingerprint density at radius 2 is 1.76 bits per heavy atom. The van der Waals surface area contributed by atoms with E-state index in [1.807, 2.05) is 61.5 Å². The molecule has 3 aromatic rings. The Labute approximate surface area is 205 Å². The van der Waals surface area contributed by atoms with E-state index < -0.39 is 0 Å². The third-order valence-electron chi connectivity index (χ3n) is 5.77. The number of aryl methyl sites for hydroxylation is 1. The minimum absolute atomic E-state index is 0.0683. The van der Waals surface area contributed by atoms with Gasteiger partial charge in [0.25, 0.3) is 0 Å². The molecule has 0 radical (unpaired) electrons. The predicted molar refractivity (Wildman–Crippen MR) is 132 cm³/mol. The van der Waals surface area contributed by atoms with Gasteiger partial charge in [0.15, 0.2) is 0 Å². The van der Waals surface area contributed by atoms with Crippen molar-refractivity contribution in [1.29, 1.82) is 0 Å². The highest BCUT2D eigenvalue weighted by Gasteiger charge is 2.27. The van der Waals surface area contributed by atoms with Crippen molar-refractivity contribution in [2.45, 2.75) is 45.2 Å². The summed E-state index contributed by atoms with van der Waals surface area (Å²) in [6.07, 6.45) is 1.55. The van der Waals surface area contributed by atoms with Crippen molar-refractivity contribution in [1.82, 2.24) is 20.0 Å². The van der Waals surface area contributed by atoms with Crippen LogP contribution < -0.4 is 0 Å². The Kier molecular flexibility index (Phi) is 8.51. The van der Waals surface area contributed by atoms with Crippen molar-refractivity contribution in [3.8, 4) is 11.5 Å². The Morgan fingerprint density at radius 1 is 1.03 bits per heavy atom. The summed E-state index contributed by atoms with van der Waals surface area (Å²) in [4.78, 5) is 17.2. The topological polar surface area (TPSA) is 62.5 Å². The summed E-state index contributed by atoms with van der Waals surface area (Å²) in [6.45, 7) is 5.28. The van der Waals surface area contributed by atoms with Gasteiger partial charge in [-0.05, 0) is 64.2 Å². The molecule has 0 spiro atoms. The second-order valence-corrected chi connectivity index (χ2v) is 9.74. The first-order valence-corrected chi connectivity index (χ1v) is 11.7. The molecule has 0 aliphatic rings. The highest BCUT2D eigenvalue weighted by molar-refractivity contribution is 6.42. The van der Waals surface area contributed by atoms with Crippen LogP contribution in [0.3, 0.4) is 0 Å². The van der Waals surface area contributed by atoms with Crippen LogP contribution in [0.2, 0.25) is 10.0 Å². The van der Waals surface area contributed by atoms with Crippen LogP contribution in [0, 0.1) is 0 Å². The number of likely N-dealkylation sites (N-methyl/N-ethyl adjacent to an activating group) is 1. The lowest BCUT2D eigenvalue weighted by Gasteiger charge is -2.38. The summed E-state index contributed by atoms with van der Waals surface area (Å²) in [7, 11) is 4.03. The van der Waals surface area contributed by atoms with E-state index in [0.717, 1.165) is 11.1 Å². The van der Waals surface area contributed by atoms with Crippen molar-refractivity contribution >= 4 is 29.1 Å². The number of carbonyl (C=O) groups excluding carboxylic acids is 1. The molecular weight excluding hydrogens is 459 g/mol. The van der Waals surface area contributed by atoms with Gasteiger partial charge >= 0.3 is 0 Å². The first-order chi connectivity index (χ1) is 15.7. The van der Waals surface area contributed by atoms with Gasteiger partial charge in [0.2, 0.25) is 17.7 Å². The second kappa shape index (κ2) is 11.1. The Hall–Kier alpha value is -2.41. The van der Waals surface area contributed by atoms with Gasteiger partial charge in [-0.2, -0.15) is 0 Å². The first-order valence-electron chi connectivity index (χ1n) is 10.9. The molecule has 1 amide bonds. The second-order valence-electron chi connectivity index (χ2n) is 8.93. The molecule has 0 saturated heterocycles. The van der Waals surface area contributed by atoms with Crippen LogP contribution in [0.15, 0.2) is 52.9 Å². The summed E-state index contributed by atoms with van der Waals surface area (Å²) >= 11 is 12.2. The molecule has 33 heavy (non-hydrogen) atoms. The summed E-state index contributed by atoms with van der Waals surface area (Å²) < 4.78 is 5.76. The lowest BCUT2D eigenvalue weighted by atomic mass is 10.0. The van der Waals surface area contributed by atoms with E-state index in [4.69, 9.17) is 27.6 Å². The minimum atomic E-state index is -0.192.